The molecule has 0 saturated carbocycles. The fraction of sp³-hybridized carbons (Fsp3) is 0.143. The Labute approximate surface area is 117 Å². The Balaban J connectivity index is 0.00000144. The van der Waals surface area contributed by atoms with E-state index in [2.05, 4.69) is 23.8 Å². The van der Waals surface area contributed by atoms with Crippen molar-refractivity contribution in [3.8, 4) is 0 Å². The van der Waals surface area contributed by atoms with E-state index in [1.165, 1.54) is 0 Å². The summed E-state index contributed by atoms with van der Waals surface area (Å²) in [5, 5.41) is 0. The molecule has 90 valence electrons. The molecule has 0 spiro atoms. The number of pyridine rings is 2. The van der Waals surface area contributed by atoms with Crippen LogP contribution in [0.25, 0.3) is 0 Å². The molecule has 0 bridgehead atoms. The van der Waals surface area contributed by atoms with Gasteiger partial charge in [-0.2, -0.15) is 6.07 Å². The van der Waals surface area contributed by atoms with Gasteiger partial charge in [0, 0.05) is 23.5 Å². The second kappa shape index (κ2) is 6.56. The van der Waals surface area contributed by atoms with Crippen LogP contribution in [0.15, 0.2) is 36.4 Å². The summed E-state index contributed by atoms with van der Waals surface area (Å²) < 4.78 is 0. The van der Waals surface area contributed by atoms with Crippen LogP contribution in [-0.4, -0.2) is 9.97 Å². The average Bonchev–Trinajstić information content (AvgIpc) is 2.29. The summed E-state index contributed by atoms with van der Waals surface area (Å²) in [7, 11) is 0. The van der Waals surface area contributed by atoms with Crippen LogP contribution in [0.1, 0.15) is 22.8 Å². The first-order valence-corrected chi connectivity index (χ1v) is 5.30. The fourth-order valence-electron chi connectivity index (χ4n) is 1.58. The van der Waals surface area contributed by atoms with Crippen LogP contribution >= 0.6 is 0 Å². The number of hydrogen-bond acceptors (Lipinski definition) is 2. The topological polar surface area (TPSA) is 25.8 Å². The minimum Gasteiger partial charge on any atom is -0.338 e. The van der Waals surface area contributed by atoms with Gasteiger partial charge >= 0.3 is 21.1 Å². The van der Waals surface area contributed by atoms with Crippen LogP contribution in [0.2, 0.25) is 0 Å². The molecule has 0 aromatic carbocycles. The second-order valence-corrected chi connectivity index (χ2v) is 3.67. The van der Waals surface area contributed by atoms with E-state index in [9.17, 15) is 0 Å². The van der Waals surface area contributed by atoms with E-state index in [0.29, 0.717) is 0 Å². The zero-order valence-corrected chi connectivity index (χ0v) is 11.8. The maximum atomic E-state index is 4.49. The zero-order valence-electron chi connectivity index (χ0n) is 9.50. The van der Waals surface area contributed by atoms with Crippen LogP contribution in [-0.2, 0) is 33.9 Å². The van der Waals surface area contributed by atoms with E-state index in [1.54, 1.807) is 0 Å². The summed E-state index contributed by atoms with van der Waals surface area (Å²) >= 11 is 0. The molecule has 0 amide bonds. The zero-order chi connectivity index (χ0) is 11.4. The van der Waals surface area contributed by atoms with E-state index in [4.69, 9.17) is 0 Å². The third-order valence-electron chi connectivity index (χ3n) is 2.35. The van der Waals surface area contributed by atoms with Gasteiger partial charge < -0.3 is 6.92 Å². The Morgan fingerprint density at radius 1 is 0.882 bits per heavy atom. The Morgan fingerprint density at radius 2 is 1.47 bits per heavy atom. The molecular formula is C14H14N2Pt. The maximum absolute atomic E-state index is 4.49. The maximum Gasteiger partial charge on any atom is 2.00 e. The monoisotopic (exact) mass is 405 g/mol. The van der Waals surface area contributed by atoms with E-state index >= 15 is 0 Å². The van der Waals surface area contributed by atoms with Gasteiger partial charge in [0.25, 0.3) is 0 Å². The largest absolute Gasteiger partial charge is 2.00 e. The molecule has 0 radical (unpaired) electrons. The summed E-state index contributed by atoms with van der Waals surface area (Å²) in [4.78, 5) is 8.85. The average molecular weight is 405 g/mol. The molecule has 0 fully saturated rings. The van der Waals surface area contributed by atoms with Crippen molar-refractivity contribution in [2.75, 3.05) is 0 Å². The third kappa shape index (κ3) is 3.98. The molecule has 2 aromatic heterocycles. The molecule has 0 aliphatic carbocycles. The summed E-state index contributed by atoms with van der Waals surface area (Å²) in [6.07, 6.45) is 1.47. The normalized spacial score (nSPS) is 9.71. The molecule has 17 heavy (non-hydrogen) atoms. The molecule has 2 heterocycles. The van der Waals surface area contributed by atoms with Crippen LogP contribution in [0.4, 0.5) is 0 Å². The molecule has 0 N–H and O–H groups in total. The Bertz CT molecular complexity index is 483. The van der Waals surface area contributed by atoms with Crippen molar-refractivity contribution >= 4 is 0 Å². The molecule has 3 heteroatoms. The van der Waals surface area contributed by atoms with Crippen LogP contribution < -0.4 is 0 Å². The number of aromatic nitrogens is 2. The molecule has 0 aliphatic rings. The summed E-state index contributed by atoms with van der Waals surface area (Å²) in [6, 6.07) is 11.9. The van der Waals surface area contributed by atoms with Gasteiger partial charge in [-0.05, 0) is 12.1 Å². The van der Waals surface area contributed by atoms with E-state index in [-0.39, 0.29) is 21.1 Å². The fourth-order valence-corrected chi connectivity index (χ4v) is 1.58. The van der Waals surface area contributed by atoms with Crippen molar-refractivity contribution in [1.29, 1.82) is 0 Å². The quantitative estimate of drug-likeness (QED) is 0.734. The molecule has 0 unspecified atom stereocenters. The van der Waals surface area contributed by atoms with Gasteiger partial charge in [-0.25, -0.2) is 6.92 Å². The van der Waals surface area contributed by atoms with Gasteiger partial charge in [0.2, 0.25) is 0 Å². The van der Waals surface area contributed by atoms with Crippen LogP contribution in [0.3, 0.4) is 0 Å². The van der Waals surface area contributed by atoms with Crippen LogP contribution in [0, 0.1) is 13.8 Å². The summed E-state index contributed by atoms with van der Waals surface area (Å²) in [6.45, 7) is 7.65. The minimum absolute atomic E-state index is 0. The summed E-state index contributed by atoms with van der Waals surface area (Å²) in [5.41, 5.74) is 3.84. The predicted octanol–water partition coefficient (Wildman–Crippen LogP) is 2.62. The molecule has 0 atom stereocenters. The molecule has 2 aromatic rings. The van der Waals surface area contributed by atoms with Gasteiger partial charge in [0.1, 0.15) is 0 Å². The third-order valence-corrected chi connectivity index (χ3v) is 2.35. The first-order valence-electron chi connectivity index (χ1n) is 5.30. The van der Waals surface area contributed by atoms with Crippen molar-refractivity contribution in [2.45, 2.75) is 12.8 Å². The van der Waals surface area contributed by atoms with Gasteiger partial charge in [0.05, 0.1) is 0 Å². The number of nitrogens with zero attached hydrogens (tertiary/aromatic N) is 2. The van der Waals surface area contributed by atoms with Crippen LogP contribution in [0.5, 0.6) is 0 Å². The standard InChI is InChI=1S/C14H14N2.Pt/c1-3-12-7-5-9-14(16-12)10-13-8-4-6-11(2)15-13;/h4-9H,1-3,10H2;/q-2;+2. The summed E-state index contributed by atoms with van der Waals surface area (Å²) in [5.74, 6) is 0. The molecular weight excluding hydrogens is 391 g/mol. The van der Waals surface area contributed by atoms with E-state index in [1.807, 2.05) is 36.4 Å². The Morgan fingerprint density at radius 3 is 2.12 bits per heavy atom. The SMILES string of the molecule is [CH2-]Cc1cccc(Cc2cccc([CH2-])n2)n1.[Pt+2]. The Kier molecular flexibility index (Phi) is 5.37. The molecule has 0 saturated heterocycles. The van der Waals surface area contributed by atoms with Gasteiger partial charge in [0.15, 0.2) is 0 Å². The Hall–Kier alpha value is -1.14. The van der Waals surface area contributed by atoms with Gasteiger partial charge in [-0.1, -0.05) is 12.1 Å². The molecule has 2 nitrogen and oxygen atoms in total. The van der Waals surface area contributed by atoms with Crippen molar-refractivity contribution in [1.82, 2.24) is 9.97 Å². The van der Waals surface area contributed by atoms with Crippen molar-refractivity contribution in [3.05, 3.63) is 73.0 Å². The molecule has 2 rings (SSSR count). The van der Waals surface area contributed by atoms with Gasteiger partial charge in [-0.15, -0.1) is 18.2 Å². The number of hydrogen-bond donors (Lipinski definition) is 0. The smallest absolute Gasteiger partial charge is 0.338 e. The van der Waals surface area contributed by atoms with E-state index < -0.39 is 0 Å². The minimum atomic E-state index is 0. The van der Waals surface area contributed by atoms with Gasteiger partial charge in [-0.3, -0.25) is 9.97 Å². The van der Waals surface area contributed by atoms with Crippen molar-refractivity contribution in [2.24, 2.45) is 0 Å². The number of rotatable bonds is 3. The van der Waals surface area contributed by atoms with E-state index in [0.717, 1.165) is 35.6 Å². The first kappa shape index (κ1) is 13.9. The second-order valence-electron chi connectivity index (χ2n) is 3.67. The molecule has 0 aliphatic heterocycles. The predicted molar refractivity (Wildman–Crippen MR) is 64.8 cm³/mol. The van der Waals surface area contributed by atoms with Crippen molar-refractivity contribution < 1.29 is 21.1 Å². The first-order chi connectivity index (χ1) is 7.78. The van der Waals surface area contributed by atoms with Crippen molar-refractivity contribution in [3.63, 3.8) is 0 Å².